The molecule has 0 saturated carbocycles. The first kappa shape index (κ1) is 13.9. The Labute approximate surface area is 100 Å². The molecule has 1 N–H and O–H groups in total. The predicted molar refractivity (Wildman–Crippen MR) is 60.5 cm³/mol. The van der Waals surface area contributed by atoms with E-state index in [0.717, 1.165) is 0 Å². The number of Topliss-reactive ketones (excluding diaryl/α,β-unsaturated/α-hetero) is 1. The average Bonchev–Trinajstić information content (AvgIpc) is 2.55. The van der Waals surface area contributed by atoms with Gasteiger partial charge in [-0.1, -0.05) is 6.08 Å². The van der Waals surface area contributed by atoms with Gasteiger partial charge < -0.3 is 14.6 Å². The second kappa shape index (κ2) is 5.42. The predicted octanol–water partition coefficient (Wildman–Crippen LogP) is 1.52. The van der Waals surface area contributed by atoms with Crippen LogP contribution < -0.4 is 0 Å². The molecule has 5 nitrogen and oxygen atoms in total. The molecule has 2 unspecified atom stereocenters. The summed E-state index contributed by atoms with van der Waals surface area (Å²) in [6, 6.07) is 0. The second-order valence-corrected chi connectivity index (χ2v) is 4.49. The maximum atomic E-state index is 11.0. The zero-order valence-corrected chi connectivity index (χ0v) is 10.4. The standard InChI is InChI=1S/C12H18O5/c1-8(11(14)15)4-5-10-7-16-12(3,17-10)6-9(2)13/h4,10H,5-7H2,1-3H3,(H,14,15). The Kier molecular flexibility index (Phi) is 4.42. The van der Waals surface area contributed by atoms with Crippen LogP contribution in [0.3, 0.4) is 0 Å². The molecule has 1 saturated heterocycles. The maximum absolute atomic E-state index is 11.0. The third kappa shape index (κ3) is 4.28. The van der Waals surface area contributed by atoms with Crippen LogP contribution in [0.15, 0.2) is 11.6 Å². The average molecular weight is 242 g/mol. The molecule has 0 amide bonds. The van der Waals surface area contributed by atoms with Crippen LogP contribution in [0.25, 0.3) is 0 Å². The lowest BCUT2D eigenvalue weighted by Gasteiger charge is -2.21. The fraction of sp³-hybridized carbons (Fsp3) is 0.667. The van der Waals surface area contributed by atoms with Gasteiger partial charge in [-0.2, -0.15) is 0 Å². The van der Waals surface area contributed by atoms with Gasteiger partial charge in [-0.15, -0.1) is 0 Å². The van der Waals surface area contributed by atoms with Crippen LogP contribution in [0.5, 0.6) is 0 Å². The Balaban J connectivity index is 2.48. The van der Waals surface area contributed by atoms with Crippen LogP contribution in [0.2, 0.25) is 0 Å². The van der Waals surface area contributed by atoms with E-state index in [-0.39, 0.29) is 23.9 Å². The van der Waals surface area contributed by atoms with E-state index in [1.165, 1.54) is 13.8 Å². The highest BCUT2D eigenvalue weighted by molar-refractivity contribution is 5.85. The SMILES string of the molecule is CC(=O)CC1(C)OCC(CC=C(C)C(=O)O)O1. The molecule has 2 atom stereocenters. The Morgan fingerprint density at radius 1 is 1.47 bits per heavy atom. The third-order valence-electron chi connectivity index (χ3n) is 2.58. The Morgan fingerprint density at radius 2 is 2.12 bits per heavy atom. The number of aliphatic carboxylic acids is 1. The molecular weight excluding hydrogens is 224 g/mol. The quantitative estimate of drug-likeness (QED) is 0.740. The topological polar surface area (TPSA) is 72.8 Å². The van der Waals surface area contributed by atoms with Gasteiger partial charge in [0.2, 0.25) is 0 Å². The van der Waals surface area contributed by atoms with Crippen molar-refractivity contribution >= 4 is 11.8 Å². The first-order chi connectivity index (χ1) is 7.82. The van der Waals surface area contributed by atoms with Crippen molar-refractivity contribution in [3.05, 3.63) is 11.6 Å². The first-order valence-corrected chi connectivity index (χ1v) is 5.54. The summed E-state index contributed by atoms with van der Waals surface area (Å²) >= 11 is 0. The smallest absolute Gasteiger partial charge is 0.330 e. The van der Waals surface area contributed by atoms with Crippen LogP contribution in [0.4, 0.5) is 0 Å². The minimum Gasteiger partial charge on any atom is -0.478 e. The summed E-state index contributed by atoms with van der Waals surface area (Å²) in [5, 5.41) is 8.69. The molecule has 96 valence electrons. The first-order valence-electron chi connectivity index (χ1n) is 5.54. The van der Waals surface area contributed by atoms with Crippen molar-refractivity contribution in [2.75, 3.05) is 6.61 Å². The van der Waals surface area contributed by atoms with Crippen molar-refractivity contribution in [2.24, 2.45) is 0 Å². The monoisotopic (exact) mass is 242 g/mol. The van der Waals surface area contributed by atoms with E-state index >= 15 is 0 Å². The molecule has 17 heavy (non-hydrogen) atoms. The van der Waals surface area contributed by atoms with E-state index in [2.05, 4.69) is 0 Å². The molecule has 0 aliphatic carbocycles. The number of ether oxygens (including phenoxy) is 2. The summed E-state index contributed by atoms with van der Waals surface area (Å²) in [4.78, 5) is 21.6. The molecule has 1 rings (SSSR count). The summed E-state index contributed by atoms with van der Waals surface area (Å²) < 4.78 is 11.0. The maximum Gasteiger partial charge on any atom is 0.330 e. The number of carbonyl (C=O) groups is 2. The van der Waals surface area contributed by atoms with Crippen molar-refractivity contribution < 1.29 is 24.2 Å². The van der Waals surface area contributed by atoms with E-state index in [0.29, 0.717) is 13.0 Å². The molecule has 0 aromatic heterocycles. The highest BCUT2D eigenvalue weighted by Gasteiger charge is 2.37. The number of hydrogen-bond acceptors (Lipinski definition) is 4. The van der Waals surface area contributed by atoms with Crippen molar-refractivity contribution in [1.29, 1.82) is 0 Å². The van der Waals surface area contributed by atoms with Gasteiger partial charge in [-0.25, -0.2) is 4.79 Å². The minimum absolute atomic E-state index is 0.00501. The lowest BCUT2D eigenvalue weighted by molar-refractivity contribution is -0.164. The van der Waals surface area contributed by atoms with E-state index in [9.17, 15) is 9.59 Å². The lowest BCUT2D eigenvalue weighted by Crippen LogP contribution is -2.29. The number of ketones is 1. The summed E-state index contributed by atoms with van der Waals surface area (Å²) in [5.41, 5.74) is 0.286. The van der Waals surface area contributed by atoms with E-state index in [1.54, 1.807) is 13.0 Å². The molecule has 0 spiro atoms. The van der Waals surface area contributed by atoms with Gasteiger partial charge in [0.15, 0.2) is 5.79 Å². The second-order valence-electron chi connectivity index (χ2n) is 4.49. The van der Waals surface area contributed by atoms with E-state index in [4.69, 9.17) is 14.6 Å². The van der Waals surface area contributed by atoms with Crippen LogP contribution in [0, 0.1) is 0 Å². The number of carbonyl (C=O) groups excluding carboxylic acids is 1. The molecule has 1 fully saturated rings. The van der Waals surface area contributed by atoms with Crippen molar-refractivity contribution in [1.82, 2.24) is 0 Å². The Bertz CT molecular complexity index is 347. The van der Waals surface area contributed by atoms with Gasteiger partial charge in [0, 0.05) is 5.57 Å². The van der Waals surface area contributed by atoms with Crippen LogP contribution >= 0.6 is 0 Å². The van der Waals surface area contributed by atoms with E-state index in [1.807, 2.05) is 0 Å². The number of hydrogen-bond donors (Lipinski definition) is 1. The molecular formula is C12H18O5. The van der Waals surface area contributed by atoms with Crippen molar-refractivity contribution in [3.63, 3.8) is 0 Å². The summed E-state index contributed by atoms with van der Waals surface area (Å²) in [6.45, 7) is 5.13. The molecule has 0 aromatic rings. The number of carboxylic acids is 1. The summed E-state index contributed by atoms with van der Waals surface area (Å²) in [5.74, 6) is -1.79. The summed E-state index contributed by atoms with van der Waals surface area (Å²) in [7, 11) is 0. The zero-order valence-electron chi connectivity index (χ0n) is 10.4. The number of carboxylic acid groups (broad SMARTS) is 1. The zero-order chi connectivity index (χ0) is 13.1. The van der Waals surface area contributed by atoms with Gasteiger partial charge in [0.05, 0.1) is 19.1 Å². The van der Waals surface area contributed by atoms with Crippen molar-refractivity contribution in [3.8, 4) is 0 Å². The Hall–Kier alpha value is -1.20. The largest absolute Gasteiger partial charge is 0.478 e. The lowest BCUT2D eigenvalue weighted by atomic mass is 10.1. The molecule has 1 heterocycles. The van der Waals surface area contributed by atoms with Gasteiger partial charge in [-0.3, -0.25) is 4.79 Å². The molecule has 1 aliphatic heterocycles. The van der Waals surface area contributed by atoms with Crippen molar-refractivity contribution in [2.45, 2.75) is 45.5 Å². The number of rotatable bonds is 5. The molecule has 5 heteroatoms. The van der Waals surface area contributed by atoms with Gasteiger partial charge in [0.25, 0.3) is 0 Å². The molecule has 0 aromatic carbocycles. The van der Waals surface area contributed by atoms with Gasteiger partial charge >= 0.3 is 5.97 Å². The van der Waals surface area contributed by atoms with Crippen LogP contribution in [0.1, 0.15) is 33.6 Å². The highest BCUT2D eigenvalue weighted by atomic mass is 16.7. The summed E-state index contributed by atoms with van der Waals surface area (Å²) in [6.07, 6.45) is 2.11. The minimum atomic E-state index is -0.935. The van der Waals surface area contributed by atoms with E-state index < -0.39 is 11.8 Å². The molecule has 0 radical (unpaired) electrons. The fourth-order valence-electron chi connectivity index (χ4n) is 1.75. The molecule has 1 aliphatic rings. The highest BCUT2D eigenvalue weighted by Crippen LogP contribution is 2.28. The Morgan fingerprint density at radius 3 is 2.65 bits per heavy atom. The third-order valence-corrected chi connectivity index (χ3v) is 2.58. The fourth-order valence-corrected chi connectivity index (χ4v) is 1.75. The van der Waals surface area contributed by atoms with Gasteiger partial charge in [-0.05, 0) is 27.2 Å². The molecule has 0 bridgehead atoms. The van der Waals surface area contributed by atoms with Crippen LogP contribution in [-0.2, 0) is 19.1 Å². The normalized spacial score (nSPS) is 29.4. The van der Waals surface area contributed by atoms with Gasteiger partial charge in [0.1, 0.15) is 5.78 Å². The van der Waals surface area contributed by atoms with Crippen LogP contribution in [-0.4, -0.2) is 35.4 Å².